The van der Waals surface area contributed by atoms with Crippen molar-refractivity contribution in [2.45, 2.75) is 45.4 Å². The molecule has 1 aliphatic rings. The van der Waals surface area contributed by atoms with Crippen LogP contribution in [-0.4, -0.2) is 28.9 Å². The molecule has 0 spiro atoms. The maximum Gasteiger partial charge on any atom is 0.230 e. The Morgan fingerprint density at radius 2 is 1.95 bits per heavy atom. The molecule has 1 aromatic carbocycles. The van der Waals surface area contributed by atoms with E-state index in [4.69, 9.17) is 0 Å². The summed E-state index contributed by atoms with van der Waals surface area (Å²) in [4.78, 5) is 18.4. The molecular weight excluding hydrogens is 260 g/mol. The van der Waals surface area contributed by atoms with Gasteiger partial charge in [-0.3, -0.25) is 4.79 Å². The number of para-hydroxylation sites is 1. The van der Waals surface area contributed by atoms with Crippen LogP contribution < -0.4 is 0 Å². The molecule has 21 heavy (non-hydrogen) atoms. The number of likely N-dealkylation sites (N-methyl/N-ethyl adjacent to an activating group) is 1. The topological polar surface area (TPSA) is 36.1 Å². The van der Waals surface area contributed by atoms with Gasteiger partial charge in [-0.2, -0.15) is 0 Å². The predicted molar refractivity (Wildman–Crippen MR) is 86.6 cm³/mol. The first-order valence-electron chi connectivity index (χ1n) is 8.06. The zero-order valence-corrected chi connectivity index (χ0v) is 13.1. The second-order valence-corrected chi connectivity index (χ2v) is 6.04. The molecule has 2 aromatic rings. The Morgan fingerprint density at radius 3 is 2.67 bits per heavy atom. The first kappa shape index (κ1) is 14.2. The molecule has 1 aromatic heterocycles. The first-order chi connectivity index (χ1) is 10.2. The van der Waals surface area contributed by atoms with E-state index in [0.29, 0.717) is 5.92 Å². The van der Waals surface area contributed by atoms with Crippen LogP contribution in [0.25, 0.3) is 10.9 Å². The van der Waals surface area contributed by atoms with Gasteiger partial charge in [-0.1, -0.05) is 25.1 Å². The van der Waals surface area contributed by atoms with E-state index in [9.17, 15) is 4.79 Å². The molecule has 1 N–H and O–H groups in total. The van der Waals surface area contributed by atoms with E-state index in [1.165, 1.54) is 16.6 Å². The van der Waals surface area contributed by atoms with Gasteiger partial charge in [-0.25, -0.2) is 0 Å². The Morgan fingerprint density at radius 1 is 1.24 bits per heavy atom. The minimum absolute atomic E-state index is 0.0206. The third kappa shape index (κ3) is 2.25. The van der Waals surface area contributed by atoms with E-state index < -0.39 is 0 Å². The Kier molecular flexibility index (Phi) is 3.75. The van der Waals surface area contributed by atoms with Gasteiger partial charge in [0.25, 0.3) is 0 Å². The molecule has 0 bridgehead atoms. The van der Waals surface area contributed by atoms with Crippen molar-refractivity contribution in [1.82, 2.24) is 9.88 Å². The second kappa shape index (κ2) is 5.55. The van der Waals surface area contributed by atoms with Crippen LogP contribution in [0, 0.1) is 0 Å². The Balaban J connectivity index is 2.11. The summed E-state index contributed by atoms with van der Waals surface area (Å²) in [6.45, 7) is 7.95. The van der Waals surface area contributed by atoms with Crippen molar-refractivity contribution >= 4 is 16.8 Å². The van der Waals surface area contributed by atoms with Crippen LogP contribution in [-0.2, 0) is 4.79 Å². The van der Waals surface area contributed by atoms with Crippen LogP contribution in [0.4, 0.5) is 0 Å². The number of H-pyrrole nitrogens is 1. The molecule has 3 rings (SSSR count). The summed E-state index contributed by atoms with van der Waals surface area (Å²) < 4.78 is 0. The number of carbonyl (C=O) groups is 1. The highest BCUT2D eigenvalue weighted by Gasteiger charge is 2.34. The van der Waals surface area contributed by atoms with Gasteiger partial charge in [0.1, 0.15) is 0 Å². The summed E-state index contributed by atoms with van der Waals surface area (Å²) in [5.41, 5.74) is 3.68. The van der Waals surface area contributed by atoms with E-state index in [1.54, 1.807) is 0 Å². The highest BCUT2D eigenvalue weighted by Crippen LogP contribution is 2.43. The monoisotopic (exact) mass is 284 g/mol. The molecule has 1 aliphatic carbocycles. The molecule has 0 radical (unpaired) electrons. The van der Waals surface area contributed by atoms with E-state index in [2.05, 4.69) is 50.0 Å². The van der Waals surface area contributed by atoms with E-state index in [-0.39, 0.29) is 11.8 Å². The molecule has 3 heteroatoms. The summed E-state index contributed by atoms with van der Waals surface area (Å²) >= 11 is 0. The molecule has 2 atom stereocenters. The number of aromatic nitrogens is 1. The lowest BCUT2D eigenvalue weighted by Gasteiger charge is -2.30. The van der Waals surface area contributed by atoms with Gasteiger partial charge in [0.2, 0.25) is 5.91 Å². The number of hydrogen-bond acceptors (Lipinski definition) is 1. The molecule has 1 heterocycles. The summed E-state index contributed by atoms with van der Waals surface area (Å²) in [5.74, 6) is 0.818. The Labute approximate surface area is 126 Å². The fraction of sp³-hybridized carbons (Fsp3) is 0.500. The van der Waals surface area contributed by atoms with Crippen LogP contribution >= 0.6 is 0 Å². The average Bonchev–Trinajstić information content (AvgIpc) is 2.89. The number of aromatic amines is 1. The number of rotatable bonds is 3. The van der Waals surface area contributed by atoms with Crippen molar-refractivity contribution in [3.63, 3.8) is 0 Å². The van der Waals surface area contributed by atoms with Crippen LogP contribution in [0.1, 0.15) is 56.7 Å². The number of nitrogens with one attached hydrogen (secondary N) is 1. The third-order valence-electron chi connectivity index (χ3n) is 4.88. The van der Waals surface area contributed by atoms with Gasteiger partial charge in [0.05, 0.1) is 5.92 Å². The molecule has 2 unspecified atom stereocenters. The smallest absolute Gasteiger partial charge is 0.230 e. The second-order valence-electron chi connectivity index (χ2n) is 6.04. The standard InChI is InChI=1S/C18H24N2O/c1-4-20(5-2)18(21)14-11-10-12(3)17-16(14)13-8-6-7-9-15(13)19-17/h6-9,12,14,19H,4-5,10-11H2,1-3H3. The first-order valence-corrected chi connectivity index (χ1v) is 8.06. The highest BCUT2D eigenvalue weighted by atomic mass is 16.2. The van der Waals surface area contributed by atoms with Crippen molar-refractivity contribution in [2.75, 3.05) is 13.1 Å². The van der Waals surface area contributed by atoms with Crippen molar-refractivity contribution in [2.24, 2.45) is 0 Å². The Hall–Kier alpha value is -1.77. The van der Waals surface area contributed by atoms with Gasteiger partial charge >= 0.3 is 0 Å². The maximum atomic E-state index is 12.9. The number of amides is 1. The van der Waals surface area contributed by atoms with Crippen molar-refractivity contribution in [1.29, 1.82) is 0 Å². The third-order valence-corrected chi connectivity index (χ3v) is 4.88. The zero-order valence-electron chi connectivity index (χ0n) is 13.1. The van der Waals surface area contributed by atoms with Gasteiger partial charge in [-0.05, 0) is 44.2 Å². The quantitative estimate of drug-likeness (QED) is 0.908. The minimum Gasteiger partial charge on any atom is -0.358 e. The fourth-order valence-corrected chi connectivity index (χ4v) is 3.66. The van der Waals surface area contributed by atoms with Crippen molar-refractivity contribution in [3.05, 3.63) is 35.5 Å². The number of carbonyl (C=O) groups excluding carboxylic acids is 1. The number of fused-ring (bicyclic) bond motifs is 3. The maximum absolute atomic E-state index is 12.9. The predicted octanol–water partition coefficient (Wildman–Crippen LogP) is 4.02. The number of hydrogen-bond donors (Lipinski definition) is 1. The van der Waals surface area contributed by atoms with Gasteiger partial charge in [-0.15, -0.1) is 0 Å². The van der Waals surface area contributed by atoms with Gasteiger partial charge < -0.3 is 9.88 Å². The van der Waals surface area contributed by atoms with Crippen LogP contribution in [0.15, 0.2) is 24.3 Å². The zero-order chi connectivity index (χ0) is 15.0. The fourth-order valence-electron chi connectivity index (χ4n) is 3.66. The lowest BCUT2D eigenvalue weighted by Crippen LogP contribution is -2.36. The van der Waals surface area contributed by atoms with Crippen molar-refractivity contribution in [3.8, 4) is 0 Å². The van der Waals surface area contributed by atoms with Gasteiger partial charge in [0, 0.05) is 29.7 Å². The normalized spacial score (nSPS) is 21.3. The molecule has 0 aliphatic heterocycles. The molecule has 0 saturated heterocycles. The van der Waals surface area contributed by atoms with Crippen LogP contribution in [0.3, 0.4) is 0 Å². The molecule has 3 nitrogen and oxygen atoms in total. The van der Waals surface area contributed by atoms with Crippen molar-refractivity contribution < 1.29 is 4.79 Å². The molecule has 0 saturated carbocycles. The lowest BCUT2D eigenvalue weighted by atomic mass is 9.79. The Bertz CT molecular complexity index is 654. The van der Waals surface area contributed by atoms with E-state index >= 15 is 0 Å². The summed E-state index contributed by atoms with van der Waals surface area (Å²) in [6, 6.07) is 8.37. The molecular formula is C18H24N2O. The summed E-state index contributed by atoms with van der Waals surface area (Å²) in [5, 5.41) is 1.23. The molecule has 112 valence electrons. The SMILES string of the molecule is CCN(CC)C(=O)C1CCC(C)c2[nH]c3ccccc3c21. The largest absolute Gasteiger partial charge is 0.358 e. The lowest BCUT2D eigenvalue weighted by molar-refractivity contribution is -0.132. The average molecular weight is 284 g/mol. The van der Waals surface area contributed by atoms with Gasteiger partial charge in [0.15, 0.2) is 0 Å². The molecule has 1 amide bonds. The number of benzene rings is 1. The van der Waals surface area contributed by atoms with Crippen LogP contribution in [0.5, 0.6) is 0 Å². The number of nitrogens with zero attached hydrogens (tertiary/aromatic N) is 1. The van der Waals surface area contributed by atoms with E-state index in [0.717, 1.165) is 31.4 Å². The molecule has 0 fully saturated rings. The summed E-state index contributed by atoms with van der Waals surface area (Å²) in [7, 11) is 0. The highest BCUT2D eigenvalue weighted by molar-refractivity contribution is 5.93. The summed E-state index contributed by atoms with van der Waals surface area (Å²) in [6.07, 6.45) is 2.04. The van der Waals surface area contributed by atoms with E-state index in [1.807, 2.05) is 4.90 Å². The van der Waals surface area contributed by atoms with Crippen LogP contribution in [0.2, 0.25) is 0 Å². The minimum atomic E-state index is 0.0206.